The number of alkyl halides is 1. The highest BCUT2D eigenvalue weighted by Crippen LogP contribution is 2.55. The molecule has 0 aromatic heterocycles. The van der Waals surface area contributed by atoms with Crippen molar-refractivity contribution in [3.63, 3.8) is 0 Å². The Hall–Kier alpha value is 0.0300. The standard InChI is InChI=1S/C8H13Cl/c1-3-4-8(6-9)5-7(8)2/h3,7H,1,4-6H2,2H3. The summed E-state index contributed by atoms with van der Waals surface area (Å²) in [5, 5.41) is 0. The third-order valence-corrected chi connectivity index (χ3v) is 2.95. The van der Waals surface area contributed by atoms with Gasteiger partial charge in [-0.1, -0.05) is 13.0 Å². The molecule has 0 nitrogen and oxygen atoms in total. The lowest BCUT2D eigenvalue weighted by Gasteiger charge is -2.07. The summed E-state index contributed by atoms with van der Waals surface area (Å²) < 4.78 is 0. The van der Waals surface area contributed by atoms with Gasteiger partial charge in [-0.3, -0.25) is 0 Å². The summed E-state index contributed by atoms with van der Waals surface area (Å²) in [6.07, 6.45) is 4.37. The van der Waals surface area contributed by atoms with Gasteiger partial charge >= 0.3 is 0 Å². The Bertz CT molecular complexity index is 116. The number of hydrogen-bond acceptors (Lipinski definition) is 0. The van der Waals surface area contributed by atoms with Gasteiger partial charge in [0.15, 0.2) is 0 Å². The normalized spacial score (nSPS) is 40.4. The summed E-state index contributed by atoms with van der Waals surface area (Å²) in [5.74, 6) is 1.63. The summed E-state index contributed by atoms with van der Waals surface area (Å²) >= 11 is 5.78. The third kappa shape index (κ3) is 1.14. The fourth-order valence-electron chi connectivity index (χ4n) is 1.36. The van der Waals surface area contributed by atoms with Gasteiger partial charge in [0, 0.05) is 5.88 Å². The molecule has 1 aliphatic rings. The van der Waals surface area contributed by atoms with Gasteiger partial charge in [0.25, 0.3) is 0 Å². The predicted molar refractivity (Wildman–Crippen MR) is 41.7 cm³/mol. The summed E-state index contributed by atoms with van der Waals surface area (Å²) in [7, 11) is 0. The zero-order valence-electron chi connectivity index (χ0n) is 5.86. The molecule has 9 heavy (non-hydrogen) atoms. The van der Waals surface area contributed by atoms with Crippen molar-refractivity contribution in [3.05, 3.63) is 12.7 Å². The second-order valence-corrected chi connectivity index (χ2v) is 3.36. The molecule has 1 rings (SSSR count). The van der Waals surface area contributed by atoms with Crippen LogP contribution in [0.15, 0.2) is 12.7 Å². The Morgan fingerprint density at radius 1 is 1.89 bits per heavy atom. The Morgan fingerprint density at radius 3 is 2.56 bits per heavy atom. The van der Waals surface area contributed by atoms with Crippen molar-refractivity contribution in [2.24, 2.45) is 11.3 Å². The molecule has 1 aliphatic carbocycles. The van der Waals surface area contributed by atoms with Crippen molar-refractivity contribution in [2.45, 2.75) is 19.8 Å². The largest absolute Gasteiger partial charge is 0.126 e. The van der Waals surface area contributed by atoms with Gasteiger partial charge in [0.2, 0.25) is 0 Å². The zero-order valence-corrected chi connectivity index (χ0v) is 6.62. The fourth-order valence-corrected chi connectivity index (χ4v) is 1.85. The SMILES string of the molecule is C=CCC1(CCl)CC1C. The van der Waals surface area contributed by atoms with Crippen LogP contribution in [0.5, 0.6) is 0 Å². The molecule has 0 N–H and O–H groups in total. The minimum atomic E-state index is 0.448. The lowest BCUT2D eigenvalue weighted by Crippen LogP contribution is -2.02. The Labute approximate surface area is 61.9 Å². The molecule has 1 fully saturated rings. The van der Waals surface area contributed by atoms with Crippen LogP contribution >= 0.6 is 11.6 Å². The van der Waals surface area contributed by atoms with Crippen molar-refractivity contribution in [1.82, 2.24) is 0 Å². The molecule has 52 valence electrons. The van der Waals surface area contributed by atoms with Crippen LogP contribution < -0.4 is 0 Å². The quantitative estimate of drug-likeness (QED) is 0.422. The van der Waals surface area contributed by atoms with Crippen LogP contribution in [-0.2, 0) is 0 Å². The third-order valence-electron chi connectivity index (χ3n) is 2.41. The first-order valence-electron chi connectivity index (χ1n) is 3.42. The Kier molecular flexibility index (Phi) is 1.85. The Morgan fingerprint density at radius 2 is 2.44 bits per heavy atom. The van der Waals surface area contributed by atoms with E-state index in [0.29, 0.717) is 5.41 Å². The number of rotatable bonds is 3. The molecule has 2 atom stereocenters. The van der Waals surface area contributed by atoms with Crippen LogP contribution in [0.25, 0.3) is 0 Å². The van der Waals surface area contributed by atoms with Gasteiger partial charge in [0.05, 0.1) is 0 Å². The van der Waals surface area contributed by atoms with Gasteiger partial charge < -0.3 is 0 Å². The maximum atomic E-state index is 5.78. The highest BCUT2D eigenvalue weighted by molar-refractivity contribution is 6.18. The number of hydrogen-bond donors (Lipinski definition) is 0. The maximum Gasteiger partial charge on any atom is 0.0285 e. The first kappa shape index (κ1) is 7.14. The predicted octanol–water partition coefficient (Wildman–Crippen LogP) is 2.83. The van der Waals surface area contributed by atoms with Crippen molar-refractivity contribution in [3.8, 4) is 0 Å². The van der Waals surface area contributed by atoms with E-state index in [0.717, 1.165) is 18.2 Å². The van der Waals surface area contributed by atoms with Crippen molar-refractivity contribution in [1.29, 1.82) is 0 Å². The van der Waals surface area contributed by atoms with E-state index in [2.05, 4.69) is 13.5 Å². The first-order chi connectivity index (χ1) is 4.25. The maximum absolute atomic E-state index is 5.78. The second-order valence-electron chi connectivity index (χ2n) is 3.09. The molecule has 0 aliphatic heterocycles. The molecule has 0 amide bonds. The lowest BCUT2D eigenvalue weighted by atomic mass is 10.0. The first-order valence-corrected chi connectivity index (χ1v) is 3.95. The van der Waals surface area contributed by atoms with E-state index in [1.165, 1.54) is 6.42 Å². The summed E-state index contributed by atoms with van der Waals surface area (Å²) in [4.78, 5) is 0. The van der Waals surface area contributed by atoms with Gasteiger partial charge in [-0.25, -0.2) is 0 Å². The average Bonchev–Trinajstić information content (AvgIpc) is 2.45. The van der Waals surface area contributed by atoms with E-state index in [4.69, 9.17) is 11.6 Å². The van der Waals surface area contributed by atoms with E-state index in [9.17, 15) is 0 Å². The minimum Gasteiger partial charge on any atom is -0.126 e. The van der Waals surface area contributed by atoms with E-state index in [1.807, 2.05) is 6.08 Å². The average molecular weight is 145 g/mol. The Balaban J connectivity index is 2.41. The summed E-state index contributed by atoms with van der Waals surface area (Å²) in [6.45, 7) is 5.97. The molecular weight excluding hydrogens is 132 g/mol. The molecule has 0 bridgehead atoms. The van der Waals surface area contributed by atoms with Gasteiger partial charge in [-0.05, 0) is 24.2 Å². The number of allylic oxidation sites excluding steroid dienone is 1. The van der Waals surface area contributed by atoms with E-state index in [1.54, 1.807) is 0 Å². The molecule has 0 heterocycles. The van der Waals surface area contributed by atoms with E-state index < -0.39 is 0 Å². The molecule has 1 saturated carbocycles. The van der Waals surface area contributed by atoms with Crippen LogP contribution in [0.4, 0.5) is 0 Å². The smallest absolute Gasteiger partial charge is 0.0285 e. The highest BCUT2D eigenvalue weighted by atomic mass is 35.5. The molecule has 2 unspecified atom stereocenters. The molecule has 0 spiro atoms. The monoisotopic (exact) mass is 144 g/mol. The van der Waals surface area contributed by atoms with Crippen LogP contribution in [-0.4, -0.2) is 5.88 Å². The van der Waals surface area contributed by atoms with Crippen molar-refractivity contribution < 1.29 is 0 Å². The topological polar surface area (TPSA) is 0 Å². The van der Waals surface area contributed by atoms with Crippen LogP contribution in [0.1, 0.15) is 19.8 Å². The summed E-state index contributed by atoms with van der Waals surface area (Å²) in [5.41, 5.74) is 0.448. The fraction of sp³-hybridized carbons (Fsp3) is 0.750. The molecule has 0 radical (unpaired) electrons. The van der Waals surface area contributed by atoms with Gasteiger partial charge in [-0.2, -0.15) is 0 Å². The van der Waals surface area contributed by atoms with Gasteiger partial charge in [0.1, 0.15) is 0 Å². The summed E-state index contributed by atoms with van der Waals surface area (Å²) in [6, 6.07) is 0. The van der Waals surface area contributed by atoms with E-state index in [-0.39, 0.29) is 0 Å². The molecule has 0 aromatic carbocycles. The second kappa shape index (κ2) is 2.34. The molecular formula is C8H13Cl. The molecule has 1 heteroatoms. The van der Waals surface area contributed by atoms with Crippen molar-refractivity contribution >= 4 is 11.6 Å². The zero-order chi connectivity index (χ0) is 6.91. The lowest BCUT2D eigenvalue weighted by molar-refractivity contribution is 0.537. The van der Waals surface area contributed by atoms with Gasteiger partial charge in [-0.15, -0.1) is 18.2 Å². The number of halogens is 1. The van der Waals surface area contributed by atoms with Crippen LogP contribution in [0, 0.1) is 11.3 Å². The highest BCUT2D eigenvalue weighted by Gasteiger charge is 2.48. The minimum absolute atomic E-state index is 0.448. The van der Waals surface area contributed by atoms with Crippen LogP contribution in [0.3, 0.4) is 0 Å². The van der Waals surface area contributed by atoms with Crippen molar-refractivity contribution in [2.75, 3.05) is 5.88 Å². The van der Waals surface area contributed by atoms with E-state index >= 15 is 0 Å². The van der Waals surface area contributed by atoms with Crippen LogP contribution in [0.2, 0.25) is 0 Å². The molecule has 0 saturated heterocycles. The molecule has 0 aromatic rings.